The summed E-state index contributed by atoms with van der Waals surface area (Å²) in [5.41, 5.74) is 9.43. The van der Waals surface area contributed by atoms with E-state index in [0.29, 0.717) is 5.92 Å². The van der Waals surface area contributed by atoms with Crippen LogP contribution in [-0.4, -0.2) is 9.38 Å². The van der Waals surface area contributed by atoms with E-state index >= 15 is 0 Å². The van der Waals surface area contributed by atoms with E-state index in [1.165, 1.54) is 5.69 Å². The van der Waals surface area contributed by atoms with Crippen molar-refractivity contribution in [1.29, 1.82) is 0 Å². The number of thiazole rings is 1. The number of aromatic nitrogens is 2. The zero-order chi connectivity index (χ0) is 12.7. The van der Waals surface area contributed by atoms with Gasteiger partial charge in [0.1, 0.15) is 11.5 Å². The van der Waals surface area contributed by atoms with Crippen LogP contribution in [0.1, 0.15) is 25.5 Å². The van der Waals surface area contributed by atoms with Gasteiger partial charge in [-0.15, -0.1) is 11.3 Å². The summed E-state index contributed by atoms with van der Waals surface area (Å²) in [4.78, 5) is 5.61. The second kappa shape index (κ2) is 4.14. The van der Waals surface area contributed by atoms with Crippen LogP contribution in [0.25, 0.3) is 16.2 Å². The fraction of sp³-hybridized carbons (Fsp3) is 0.214. The van der Waals surface area contributed by atoms with Crippen LogP contribution in [-0.2, 0) is 0 Å². The van der Waals surface area contributed by atoms with E-state index < -0.39 is 0 Å². The maximum Gasteiger partial charge on any atom is 0.196 e. The van der Waals surface area contributed by atoms with Gasteiger partial charge in [-0.05, 0) is 5.92 Å². The minimum atomic E-state index is 0.443. The van der Waals surface area contributed by atoms with Crippen molar-refractivity contribution in [2.75, 3.05) is 5.73 Å². The lowest BCUT2D eigenvalue weighted by molar-refractivity contribution is 0.814. The van der Waals surface area contributed by atoms with Crippen molar-refractivity contribution in [1.82, 2.24) is 9.38 Å². The number of nitrogens with zero attached hydrogens (tertiary/aromatic N) is 2. The molecule has 0 atom stereocenters. The number of fused-ring (bicyclic) bond motifs is 1. The largest absolute Gasteiger partial charge is 0.383 e. The lowest BCUT2D eigenvalue weighted by atomic mass is 10.1. The molecule has 0 saturated carbocycles. The number of rotatable bonds is 2. The van der Waals surface area contributed by atoms with Gasteiger partial charge in [0.2, 0.25) is 0 Å². The predicted molar refractivity (Wildman–Crippen MR) is 77.0 cm³/mol. The number of benzene rings is 1. The van der Waals surface area contributed by atoms with Gasteiger partial charge in [-0.25, -0.2) is 4.98 Å². The smallest absolute Gasteiger partial charge is 0.196 e. The minimum Gasteiger partial charge on any atom is -0.383 e. The first-order chi connectivity index (χ1) is 8.68. The fourth-order valence-corrected chi connectivity index (χ4v) is 3.17. The maximum atomic E-state index is 6.26. The van der Waals surface area contributed by atoms with E-state index in [1.807, 2.05) is 30.3 Å². The highest BCUT2D eigenvalue weighted by Gasteiger charge is 2.16. The van der Waals surface area contributed by atoms with Crippen molar-refractivity contribution in [2.45, 2.75) is 19.8 Å². The third-order valence-electron chi connectivity index (χ3n) is 3.06. The molecule has 0 spiro atoms. The Hall–Kier alpha value is -1.81. The molecule has 0 amide bonds. The van der Waals surface area contributed by atoms with E-state index in [0.717, 1.165) is 22.0 Å². The van der Waals surface area contributed by atoms with E-state index in [1.54, 1.807) is 11.3 Å². The Balaban J connectivity index is 2.24. The molecule has 1 aromatic carbocycles. The molecule has 0 fully saturated rings. The molecule has 0 bridgehead atoms. The molecule has 0 unspecified atom stereocenters. The van der Waals surface area contributed by atoms with Crippen LogP contribution in [0, 0.1) is 0 Å². The summed E-state index contributed by atoms with van der Waals surface area (Å²) in [5, 5.41) is 2.14. The molecule has 0 saturated heterocycles. The monoisotopic (exact) mass is 257 g/mol. The SMILES string of the molecule is CC(C)c1csc2nc(-c3ccccc3)c(N)n12. The van der Waals surface area contributed by atoms with Crippen LogP contribution in [0.5, 0.6) is 0 Å². The highest BCUT2D eigenvalue weighted by molar-refractivity contribution is 7.15. The summed E-state index contributed by atoms with van der Waals surface area (Å²) in [5.74, 6) is 1.18. The van der Waals surface area contributed by atoms with Crippen molar-refractivity contribution in [2.24, 2.45) is 0 Å². The van der Waals surface area contributed by atoms with Crippen LogP contribution < -0.4 is 5.73 Å². The van der Waals surface area contributed by atoms with Gasteiger partial charge in [0.05, 0.1) is 0 Å². The van der Waals surface area contributed by atoms with Gasteiger partial charge in [-0.3, -0.25) is 4.40 Å². The van der Waals surface area contributed by atoms with Gasteiger partial charge < -0.3 is 5.73 Å². The zero-order valence-electron chi connectivity index (χ0n) is 10.4. The Bertz CT molecular complexity index is 680. The maximum absolute atomic E-state index is 6.26. The van der Waals surface area contributed by atoms with E-state index in [2.05, 4.69) is 28.6 Å². The predicted octanol–water partition coefficient (Wildman–Crippen LogP) is 3.77. The van der Waals surface area contributed by atoms with E-state index in [-0.39, 0.29) is 0 Å². The number of anilines is 1. The normalized spacial score (nSPS) is 11.5. The first-order valence-electron chi connectivity index (χ1n) is 5.99. The van der Waals surface area contributed by atoms with Crippen LogP contribution in [0.4, 0.5) is 5.82 Å². The topological polar surface area (TPSA) is 43.3 Å². The Kier molecular flexibility index (Phi) is 2.59. The summed E-state index contributed by atoms with van der Waals surface area (Å²) >= 11 is 1.64. The Morgan fingerprint density at radius 3 is 2.61 bits per heavy atom. The average Bonchev–Trinajstić information content (AvgIpc) is 2.91. The molecule has 2 aromatic heterocycles. The molecule has 0 aliphatic heterocycles. The Labute approximate surface area is 110 Å². The van der Waals surface area contributed by atoms with Crippen molar-refractivity contribution < 1.29 is 0 Å². The number of imidazole rings is 1. The third kappa shape index (κ3) is 1.61. The van der Waals surface area contributed by atoms with Crippen molar-refractivity contribution in [3.63, 3.8) is 0 Å². The van der Waals surface area contributed by atoms with Crippen LogP contribution >= 0.6 is 11.3 Å². The number of nitrogen functional groups attached to an aromatic ring is 1. The standard InChI is InChI=1S/C14H15N3S/c1-9(2)11-8-18-14-16-12(13(15)17(11)14)10-6-4-3-5-7-10/h3-9H,15H2,1-2H3. The number of nitrogens with two attached hydrogens (primary N) is 1. The Morgan fingerprint density at radius 2 is 1.94 bits per heavy atom. The van der Waals surface area contributed by atoms with Crippen molar-refractivity contribution >= 4 is 22.1 Å². The molecular formula is C14H15N3S. The van der Waals surface area contributed by atoms with Crippen molar-refractivity contribution in [3.8, 4) is 11.3 Å². The minimum absolute atomic E-state index is 0.443. The quantitative estimate of drug-likeness (QED) is 0.759. The van der Waals surface area contributed by atoms with Gasteiger partial charge >= 0.3 is 0 Å². The van der Waals surface area contributed by atoms with E-state index in [4.69, 9.17) is 5.73 Å². The molecule has 3 rings (SSSR count). The molecule has 3 nitrogen and oxygen atoms in total. The Morgan fingerprint density at radius 1 is 1.22 bits per heavy atom. The highest BCUT2D eigenvalue weighted by Crippen LogP contribution is 2.32. The molecular weight excluding hydrogens is 242 g/mol. The van der Waals surface area contributed by atoms with Gasteiger partial charge in [0.25, 0.3) is 0 Å². The lowest BCUT2D eigenvalue weighted by Crippen LogP contribution is -1.99. The first kappa shape index (κ1) is 11.3. The van der Waals surface area contributed by atoms with Crippen LogP contribution in [0.2, 0.25) is 0 Å². The molecule has 3 aromatic rings. The molecule has 2 heterocycles. The molecule has 0 radical (unpaired) electrons. The zero-order valence-corrected chi connectivity index (χ0v) is 11.2. The molecule has 92 valence electrons. The molecule has 0 aliphatic rings. The average molecular weight is 257 g/mol. The lowest BCUT2D eigenvalue weighted by Gasteiger charge is -2.05. The summed E-state index contributed by atoms with van der Waals surface area (Å²) in [7, 11) is 0. The molecule has 0 aliphatic carbocycles. The summed E-state index contributed by atoms with van der Waals surface area (Å²) in [6.45, 7) is 4.34. The molecule has 18 heavy (non-hydrogen) atoms. The number of hydrogen-bond acceptors (Lipinski definition) is 3. The van der Waals surface area contributed by atoms with Gasteiger partial charge in [0.15, 0.2) is 4.96 Å². The van der Waals surface area contributed by atoms with Gasteiger partial charge in [0, 0.05) is 16.6 Å². The second-order valence-corrected chi connectivity index (χ2v) is 5.48. The highest BCUT2D eigenvalue weighted by atomic mass is 32.1. The van der Waals surface area contributed by atoms with Crippen LogP contribution in [0.3, 0.4) is 0 Å². The van der Waals surface area contributed by atoms with Crippen molar-refractivity contribution in [3.05, 3.63) is 41.4 Å². The molecule has 2 N–H and O–H groups in total. The van der Waals surface area contributed by atoms with Crippen LogP contribution in [0.15, 0.2) is 35.7 Å². The molecule has 4 heteroatoms. The summed E-state index contributed by atoms with van der Waals surface area (Å²) < 4.78 is 2.07. The summed E-state index contributed by atoms with van der Waals surface area (Å²) in [6.07, 6.45) is 0. The number of hydrogen-bond donors (Lipinski definition) is 1. The first-order valence-corrected chi connectivity index (χ1v) is 6.87. The third-order valence-corrected chi connectivity index (χ3v) is 3.91. The van der Waals surface area contributed by atoms with Gasteiger partial charge in [-0.2, -0.15) is 0 Å². The summed E-state index contributed by atoms with van der Waals surface area (Å²) in [6, 6.07) is 10.1. The fourth-order valence-electron chi connectivity index (χ4n) is 2.11. The van der Waals surface area contributed by atoms with E-state index in [9.17, 15) is 0 Å². The van der Waals surface area contributed by atoms with Gasteiger partial charge in [-0.1, -0.05) is 44.2 Å². The second-order valence-electron chi connectivity index (χ2n) is 4.64.